The zero-order valence-corrected chi connectivity index (χ0v) is 11.0. The van der Waals surface area contributed by atoms with Gasteiger partial charge in [-0.25, -0.2) is 0 Å². The highest BCUT2D eigenvalue weighted by atomic mass is 16.2. The summed E-state index contributed by atoms with van der Waals surface area (Å²) in [7, 11) is 0. The van der Waals surface area contributed by atoms with E-state index in [4.69, 9.17) is 5.11 Å². The number of nitrogens with one attached hydrogen (secondary N) is 1. The molecule has 0 aromatic heterocycles. The lowest BCUT2D eigenvalue weighted by Gasteiger charge is -2.32. The van der Waals surface area contributed by atoms with Crippen molar-refractivity contribution in [2.24, 2.45) is 11.8 Å². The molecule has 2 N–H and O–H groups in total. The number of unbranched alkanes of at least 4 members (excludes halogenated alkanes) is 3. The molecule has 0 aromatic carbocycles. The van der Waals surface area contributed by atoms with Crippen LogP contribution in [0.15, 0.2) is 0 Å². The van der Waals surface area contributed by atoms with Crippen molar-refractivity contribution in [1.29, 1.82) is 0 Å². The van der Waals surface area contributed by atoms with Gasteiger partial charge < -0.3 is 10.4 Å². The van der Waals surface area contributed by atoms with Gasteiger partial charge in [-0.3, -0.25) is 0 Å². The van der Waals surface area contributed by atoms with E-state index in [0.29, 0.717) is 6.61 Å². The summed E-state index contributed by atoms with van der Waals surface area (Å²) in [5, 5.41) is 12.4. The highest BCUT2D eigenvalue weighted by Gasteiger charge is 2.23. The highest BCUT2D eigenvalue weighted by molar-refractivity contribution is 4.79. The molecule has 1 saturated carbocycles. The van der Waals surface area contributed by atoms with E-state index in [2.05, 4.69) is 19.2 Å². The Balaban J connectivity index is 1.97. The summed E-state index contributed by atoms with van der Waals surface area (Å²) in [6, 6.07) is 0.768. The lowest BCUT2D eigenvalue weighted by Crippen LogP contribution is -2.36. The summed E-state index contributed by atoms with van der Waals surface area (Å²) < 4.78 is 0. The van der Waals surface area contributed by atoms with E-state index in [1.165, 1.54) is 38.5 Å². The first-order chi connectivity index (χ1) is 7.74. The molecule has 0 heterocycles. The molecule has 2 nitrogen and oxygen atoms in total. The van der Waals surface area contributed by atoms with Crippen LogP contribution >= 0.6 is 0 Å². The van der Waals surface area contributed by atoms with Crippen molar-refractivity contribution in [2.75, 3.05) is 13.2 Å². The summed E-state index contributed by atoms with van der Waals surface area (Å²) in [5.74, 6) is 1.81. The molecule has 16 heavy (non-hydrogen) atoms. The van der Waals surface area contributed by atoms with Crippen LogP contribution in [0.25, 0.3) is 0 Å². The first kappa shape index (κ1) is 14.0. The number of aliphatic hydroxyl groups excluding tert-OH is 1. The van der Waals surface area contributed by atoms with Gasteiger partial charge in [0, 0.05) is 12.6 Å². The summed E-state index contributed by atoms with van der Waals surface area (Å²) >= 11 is 0. The van der Waals surface area contributed by atoms with Crippen LogP contribution in [0, 0.1) is 11.8 Å². The summed E-state index contributed by atoms with van der Waals surface area (Å²) in [6.45, 7) is 6.29. The number of hydrogen-bond acceptors (Lipinski definition) is 2. The van der Waals surface area contributed by atoms with Crippen LogP contribution in [0.5, 0.6) is 0 Å². The number of aliphatic hydroxyl groups is 1. The average molecular weight is 227 g/mol. The minimum Gasteiger partial charge on any atom is -0.396 e. The van der Waals surface area contributed by atoms with Crippen molar-refractivity contribution in [3.8, 4) is 0 Å². The van der Waals surface area contributed by atoms with Crippen LogP contribution in [0.4, 0.5) is 0 Å². The molecule has 1 rings (SSSR count). The van der Waals surface area contributed by atoms with Gasteiger partial charge in [0.25, 0.3) is 0 Å². The summed E-state index contributed by atoms with van der Waals surface area (Å²) in [4.78, 5) is 0. The quantitative estimate of drug-likeness (QED) is 0.655. The second-order valence-electron chi connectivity index (χ2n) is 5.56. The van der Waals surface area contributed by atoms with Crippen LogP contribution in [0.2, 0.25) is 0 Å². The molecule has 96 valence electrons. The fourth-order valence-corrected chi connectivity index (χ4v) is 2.63. The van der Waals surface area contributed by atoms with Crippen molar-refractivity contribution in [3.63, 3.8) is 0 Å². The van der Waals surface area contributed by atoms with E-state index in [0.717, 1.165) is 30.8 Å². The van der Waals surface area contributed by atoms with Crippen molar-refractivity contribution in [2.45, 2.75) is 64.8 Å². The van der Waals surface area contributed by atoms with Gasteiger partial charge in [0.2, 0.25) is 0 Å². The average Bonchev–Trinajstić information content (AvgIpc) is 2.28. The lowest BCUT2D eigenvalue weighted by molar-refractivity contribution is 0.225. The molecule has 0 aromatic rings. The van der Waals surface area contributed by atoms with E-state index in [1.54, 1.807) is 0 Å². The van der Waals surface area contributed by atoms with Gasteiger partial charge in [0.05, 0.1) is 0 Å². The van der Waals surface area contributed by atoms with Crippen LogP contribution in [0.3, 0.4) is 0 Å². The highest BCUT2D eigenvalue weighted by Crippen LogP contribution is 2.29. The van der Waals surface area contributed by atoms with E-state index >= 15 is 0 Å². The SMILES string of the molecule is CC1CCC(NCCCCCCO)CC1C. The summed E-state index contributed by atoms with van der Waals surface area (Å²) in [6.07, 6.45) is 8.78. The molecule has 0 aliphatic heterocycles. The van der Waals surface area contributed by atoms with Gasteiger partial charge in [-0.15, -0.1) is 0 Å². The molecule has 0 bridgehead atoms. The monoisotopic (exact) mass is 227 g/mol. The maximum absolute atomic E-state index is 8.66. The van der Waals surface area contributed by atoms with Crippen molar-refractivity contribution < 1.29 is 5.11 Å². The molecule has 1 aliphatic rings. The molecular formula is C14H29NO. The topological polar surface area (TPSA) is 32.3 Å². The normalized spacial score (nSPS) is 30.6. The maximum Gasteiger partial charge on any atom is 0.0431 e. The first-order valence-corrected chi connectivity index (χ1v) is 7.08. The standard InChI is InChI=1S/C14H29NO/c1-12-7-8-14(11-13(12)2)15-9-5-3-4-6-10-16/h12-16H,3-11H2,1-2H3. The predicted molar refractivity (Wildman–Crippen MR) is 69.5 cm³/mol. The molecule has 3 atom stereocenters. The fraction of sp³-hybridized carbons (Fsp3) is 1.00. The van der Waals surface area contributed by atoms with Gasteiger partial charge in [-0.1, -0.05) is 26.7 Å². The Morgan fingerprint density at radius 2 is 1.75 bits per heavy atom. The molecular weight excluding hydrogens is 198 g/mol. The molecule has 0 spiro atoms. The van der Waals surface area contributed by atoms with Crippen molar-refractivity contribution in [1.82, 2.24) is 5.32 Å². The third kappa shape index (κ3) is 5.31. The minimum atomic E-state index is 0.353. The summed E-state index contributed by atoms with van der Waals surface area (Å²) in [5.41, 5.74) is 0. The molecule has 1 aliphatic carbocycles. The molecule has 0 radical (unpaired) electrons. The van der Waals surface area contributed by atoms with Gasteiger partial charge in [-0.05, 0) is 50.5 Å². The number of hydrogen-bond donors (Lipinski definition) is 2. The predicted octanol–water partition coefficient (Wildman–Crippen LogP) is 2.95. The molecule has 2 heteroatoms. The zero-order valence-electron chi connectivity index (χ0n) is 11.0. The Hall–Kier alpha value is -0.0800. The maximum atomic E-state index is 8.66. The van der Waals surface area contributed by atoms with Crippen molar-refractivity contribution >= 4 is 0 Å². The Bertz CT molecular complexity index is 172. The lowest BCUT2D eigenvalue weighted by atomic mass is 9.79. The first-order valence-electron chi connectivity index (χ1n) is 7.08. The minimum absolute atomic E-state index is 0.353. The zero-order chi connectivity index (χ0) is 11.8. The van der Waals surface area contributed by atoms with E-state index in [-0.39, 0.29) is 0 Å². The van der Waals surface area contributed by atoms with Gasteiger partial charge in [-0.2, -0.15) is 0 Å². The van der Waals surface area contributed by atoms with Crippen molar-refractivity contribution in [3.05, 3.63) is 0 Å². The third-order valence-corrected chi connectivity index (χ3v) is 4.12. The third-order valence-electron chi connectivity index (χ3n) is 4.12. The Morgan fingerprint density at radius 3 is 2.44 bits per heavy atom. The van der Waals surface area contributed by atoms with Crippen LogP contribution in [-0.2, 0) is 0 Å². The van der Waals surface area contributed by atoms with E-state index < -0.39 is 0 Å². The Kier molecular flexibility index (Phi) is 7.06. The van der Waals surface area contributed by atoms with Gasteiger partial charge in [0.15, 0.2) is 0 Å². The van der Waals surface area contributed by atoms with Gasteiger partial charge in [0.1, 0.15) is 0 Å². The van der Waals surface area contributed by atoms with Gasteiger partial charge >= 0.3 is 0 Å². The van der Waals surface area contributed by atoms with E-state index in [1.807, 2.05) is 0 Å². The fourth-order valence-electron chi connectivity index (χ4n) is 2.63. The van der Waals surface area contributed by atoms with Crippen LogP contribution < -0.4 is 5.32 Å². The Morgan fingerprint density at radius 1 is 1.00 bits per heavy atom. The number of rotatable bonds is 7. The van der Waals surface area contributed by atoms with Crippen LogP contribution in [0.1, 0.15) is 58.8 Å². The molecule has 3 unspecified atom stereocenters. The van der Waals surface area contributed by atoms with Crippen LogP contribution in [-0.4, -0.2) is 24.3 Å². The second kappa shape index (κ2) is 8.08. The second-order valence-corrected chi connectivity index (χ2v) is 5.56. The van der Waals surface area contributed by atoms with E-state index in [9.17, 15) is 0 Å². The largest absolute Gasteiger partial charge is 0.396 e. The molecule has 0 amide bonds. The molecule has 1 fully saturated rings. The Labute approximate surface area is 101 Å². The molecule has 0 saturated heterocycles. The smallest absolute Gasteiger partial charge is 0.0431 e.